The topological polar surface area (TPSA) is 80.1 Å². The summed E-state index contributed by atoms with van der Waals surface area (Å²) in [5.74, 6) is 0.318. The minimum Gasteiger partial charge on any atom is -0.352 e. The molecule has 1 saturated heterocycles. The third-order valence-corrected chi connectivity index (χ3v) is 5.37. The van der Waals surface area contributed by atoms with Crippen LogP contribution in [0.25, 0.3) is 11.0 Å². The molecule has 1 N–H and O–H groups in total. The van der Waals surface area contributed by atoms with Gasteiger partial charge in [0.25, 0.3) is 5.91 Å². The Kier molecular flexibility index (Phi) is 5.96. The van der Waals surface area contributed by atoms with E-state index in [4.69, 9.17) is 10.1 Å². The Morgan fingerprint density at radius 1 is 1.31 bits per heavy atom. The summed E-state index contributed by atoms with van der Waals surface area (Å²) >= 11 is 0. The second-order valence-electron chi connectivity index (χ2n) is 9.21. The van der Waals surface area contributed by atoms with Crippen molar-refractivity contribution in [3.05, 3.63) is 23.0 Å². The second kappa shape index (κ2) is 8.13. The summed E-state index contributed by atoms with van der Waals surface area (Å²) in [6.07, 6.45) is 2.34. The van der Waals surface area contributed by atoms with Gasteiger partial charge in [0.1, 0.15) is 0 Å². The highest BCUT2D eigenvalue weighted by atomic mass is 16.2. The number of hydrogen-bond acceptors (Lipinski definition) is 4. The average molecular weight is 400 g/mol. The van der Waals surface area contributed by atoms with Crippen LogP contribution in [0.3, 0.4) is 0 Å². The Bertz CT molecular complexity index is 923. The van der Waals surface area contributed by atoms with Crippen molar-refractivity contribution in [2.75, 3.05) is 19.6 Å². The van der Waals surface area contributed by atoms with E-state index >= 15 is 0 Å². The number of fused-ring (bicyclic) bond motifs is 1. The van der Waals surface area contributed by atoms with E-state index in [1.807, 2.05) is 22.6 Å². The zero-order valence-electron chi connectivity index (χ0n) is 18.5. The van der Waals surface area contributed by atoms with Gasteiger partial charge in [0.2, 0.25) is 5.91 Å². The maximum atomic E-state index is 13.0. The number of amides is 2. The molecule has 0 unspecified atom stereocenters. The van der Waals surface area contributed by atoms with Gasteiger partial charge in [-0.15, -0.1) is 0 Å². The maximum absolute atomic E-state index is 13.0. The number of likely N-dealkylation sites (tertiary alicyclic amines) is 1. The Labute approximate surface area is 172 Å². The van der Waals surface area contributed by atoms with Crippen molar-refractivity contribution < 1.29 is 9.59 Å². The van der Waals surface area contributed by atoms with E-state index in [0.717, 1.165) is 41.8 Å². The van der Waals surface area contributed by atoms with Crippen LogP contribution in [0.1, 0.15) is 81.5 Å². The van der Waals surface area contributed by atoms with E-state index in [-0.39, 0.29) is 23.3 Å². The number of aryl methyl sites for hydroxylation is 1. The van der Waals surface area contributed by atoms with E-state index in [1.54, 1.807) is 0 Å². The lowest BCUT2D eigenvalue weighted by atomic mass is 10.0. The number of rotatable bonds is 6. The van der Waals surface area contributed by atoms with E-state index in [9.17, 15) is 9.59 Å². The molecule has 7 nitrogen and oxygen atoms in total. The van der Waals surface area contributed by atoms with Crippen LogP contribution < -0.4 is 5.32 Å². The van der Waals surface area contributed by atoms with Crippen molar-refractivity contribution in [2.45, 2.75) is 72.3 Å². The third kappa shape index (κ3) is 4.43. The van der Waals surface area contributed by atoms with Crippen molar-refractivity contribution in [3.63, 3.8) is 0 Å². The van der Waals surface area contributed by atoms with Gasteiger partial charge < -0.3 is 10.2 Å². The van der Waals surface area contributed by atoms with Crippen molar-refractivity contribution >= 4 is 22.8 Å². The summed E-state index contributed by atoms with van der Waals surface area (Å²) < 4.78 is 1.92. The molecule has 0 aliphatic carbocycles. The van der Waals surface area contributed by atoms with Crippen molar-refractivity contribution in [1.82, 2.24) is 25.0 Å². The highest BCUT2D eigenvalue weighted by molar-refractivity contribution is 6.06. The number of hydrogen-bond donors (Lipinski definition) is 1. The lowest BCUT2D eigenvalue weighted by Gasteiger charge is -2.20. The Balaban J connectivity index is 1.84. The number of aromatic nitrogens is 3. The first-order valence-corrected chi connectivity index (χ1v) is 10.6. The van der Waals surface area contributed by atoms with Crippen LogP contribution in [0, 0.1) is 6.92 Å². The molecule has 0 aromatic carbocycles. The second-order valence-corrected chi connectivity index (χ2v) is 9.21. The van der Waals surface area contributed by atoms with Crippen LogP contribution in [0.2, 0.25) is 0 Å². The van der Waals surface area contributed by atoms with Gasteiger partial charge in [-0.05, 0) is 52.5 Å². The Morgan fingerprint density at radius 3 is 2.62 bits per heavy atom. The third-order valence-electron chi connectivity index (χ3n) is 5.37. The van der Waals surface area contributed by atoms with Gasteiger partial charge >= 0.3 is 0 Å². The number of carbonyl (C=O) groups excluding carboxylic acids is 2. The standard InChI is InChI=1S/C22H33N5O2/c1-14(2)17-13-16(19-15(3)25-27(20(19)24-17)22(4,5)6)21(29)23-10-8-12-26-11-7-9-18(26)28/h13-14H,7-12H2,1-6H3,(H,23,29). The minimum absolute atomic E-state index is 0.108. The van der Waals surface area contributed by atoms with Gasteiger partial charge in [-0.3, -0.25) is 9.59 Å². The molecular weight excluding hydrogens is 366 g/mol. The van der Waals surface area contributed by atoms with Gasteiger partial charge in [0, 0.05) is 31.7 Å². The molecule has 0 spiro atoms. The molecule has 2 aromatic heterocycles. The lowest BCUT2D eigenvalue weighted by Crippen LogP contribution is -2.31. The molecule has 1 fully saturated rings. The number of nitrogens with zero attached hydrogens (tertiary/aromatic N) is 4. The molecular formula is C22H33N5O2. The predicted octanol–water partition coefficient (Wildman–Crippen LogP) is 3.36. The van der Waals surface area contributed by atoms with Crippen LogP contribution in [0.4, 0.5) is 0 Å². The molecule has 29 heavy (non-hydrogen) atoms. The van der Waals surface area contributed by atoms with Crippen molar-refractivity contribution in [3.8, 4) is 0 Å². The molecule has 7 heteroatoms. The number of pyridine rings is 1. The molecule has 0 radical (unpaired) electrons. The highest BCUT2D eigenvalue weighted by Gasteiger charge is 2.25. The summed E-state index contributed by atoms with van der Waals surface area (Å²) in [4.78, 5) is 31.5. The van der Waals surface area contributed by atoms with Gasteiger partial charge in [0.15, 0.2) is 5.65 Å². The molecule has 3 rings (SSSR count). The van der Waals surface area contributed by atoms with Crippen LogP contribution in [-0.2, 0) is 10.3 Å². The summed E-state index contributed by atoms with van der Waals surface area (Å²) in [7, 11) is 0. The average Bonchev–Trinajstić information content (AvgIpc) is 3.20. The fourth-order valence-electron chi connectivity index (χ4n) is 3.76. The highest BCUT2D eigenvalue weighted by Crippen LogP contribution is 2.28. The summed E-state index contributed by atoms with van der Waals surface area (Å²) in [5, 5.41) is 8.54. The van der Waals surface area contributed by atoms with Gasteiger partial charge in [-0.1, -0.05) is 13.8 Å². The SMILES string of the molecule is Cc1nn(C(C)(C)C)c2nc(C(C)C)cc(C(=O)NCCCN3CCCC3=O)c12. The summed E-state index contributed by atoms with van der Waals surface area (Å²) in [6, 6.07) is 1.90. The van der Waals surface area contributed by atoms with Gasteiger partial charge in [-0.25, -0.2) is 9.67 Å². The summed E-state index contributed by atoms with van der Waals surface area (Å²) in [5.41, 5.74) is 2.85. The molecule has 1 aliphatic rings. The molecule has 0 atom stereocenters. The fourth-order valence-corrected chi connectivity index (χ4v) is 3.76. The van der Waals surface area contributed by atoms with E-state index in [1.165, 1.54) is 0 Å². The van der Waals surface area contributed by atoms with Crippen molar-refractivity contribution in [1.29, 1.82) is 0 Å². The van der Waals surface area contributed by atoms with Crippen LogP contribution in [0.5, 0.6) is 0 Å². The normalized spacial score (nSPS) is 15.0. The number of nitrogens with one attached hydrogen (secondary N) is 1. The van der Waals surface area contributed by atoms with Crippen LogP contribution in [0.15, 0.2) is 6.07 Å². The molecule has 158 valence electrons. The van der Waals surface area contributed by atoms with Gasteiger partial charge in [0.05, 0.1) is 22.2 Å². The minimum atomic E-state index is -0.231. The molecule has 3 heterocycles. The largest absolute Gasteiger partial charge is 0.352 e. The molecule has 0 bridgehead atoms. The first-order valence-electron chi connectivity index (χ1n) is 10.6. The molecule has 0 saturated carbocycles. The predicted molar refractivity (Wildman–Crippen MR) is 114 cm³/mol. The van der Waals surface area contributed by atoms with E-state index in [0.29, 0.717) is 25.1 Å². The van der Waals surface area contributed by atoms with Crippen LogP contribution in [-0.4, -0.2) is 51.1 Å². The zero-order chi connectivity index (χ0) is 21.3. The number of carbonyl (C=O) groups is 2. The first kappa shape index (κ1) is 21.3. The molecule has 2 aromatic rings. The summed E-state index contributed by atoms with van der Waals surface area (Å²) in [6.45, 7) is 14.4. The first-order chi connectivity index (χ1) is 13.6. The monoisotopic (exact) mass is 399 g/mol. The maximum Gasteiger partial charge on any atom is 0.252 e. The quantitative estimate of drug-likeness (QED) is 0.756. The fraction of sp³-hybridized carbons (Fsp3) is 0.636. The lowest BCUT2D eigenvalue weighted by molar-refractivity contribution is -0.127. The molecule has 2 amide bonds. The smallest absolute Gasteiger partial charge is 0.252 e. The Morgan fingerprint density at radius 2 is 2.03 bits per heavy atom. The zero-order valence-corrected chi connectivity index (χ0v) is 18.5. The van der Waals surface area contributed by atoms with Gasteiger partial charge in [-0.2, -0.15) is 5.10 Å². The Hall–Kier alpha value is -2.44. The van der Waals surface area contributed by atoms with Crippen molar-refractivity contribution in [2.24, 2.45) is 0 Å². The van der Waals surface area contributed by atoms with E-state index < -0.39 is 0 Å². The van der Waals surface area contributed by atoms with E-state index in [2.05, 4.69) is 39.9 Å². The molecule has 1 aliphatic heterocycles. The van der Waals surface area contributed by atoms with Crippen LogP contribution >= 0.6 is 0 Å².